The molecule has 0 aromatic carbocycles. The van der Waals surface area contributed by atoms with Crippen molar-refractivity contribution in [2.45, 2.75) is 17.6 Å². The van der Waals surface area contributed by atoms with Gasteiger partial charge in [0.05, 0.1) is 0 Å². The van der Waals surface area contributed by atoms with Crippen molar-refractivity contribution in [1.29, 1.82) is 0 Å². The van der Waals surface area contributed by atoms with Crippen molar-refractivity contribution in [2.75, 3.05) is 13.6 Å². The molecule has 0 aliphatic heterocycles. The number of hydrogen-bond acceptors (Lipinski definition) is 3. The van der Waals surface area contributed by atoms with Crippen LogP contribution in [0.4, 0.5) is 13.2 Å². The fourth-order valence-electron chi connectivity index (χ4n) is 1.44. The van der Waals surface area contributed by atoms with Gasteiger partial charge in [-0.2, -0.15) is 17.5 Å². The predicted octanol–water partition coefficient (Wildman–Crippen LogP) is 0.667. The molecular formula is C9H14F3N3O2S. The Labute approximate surface area is 103 Å². The van der Waals surface area contributed by atoms with Crippen LogP contribution in [0.25, 0.3) is 0 Å². The topological polar surface area (TPSA) is 68.3 Å². The Balaban J connectivity index is 3.05. The number of halogens is 3. The summed E-state index contributed by atoms with van der Waals surface area (Å²) in [5.41, 5.74) is 5.90. The molecule has 0 amide bonds. The molecule has 0 aliphatic rings. The van der Waals surface area contributed by atoms with E-state index < -0.39 is 22.7 Å². The van der Waals surface area contributed by atoms with Gasteiger partial charge in [-0.1, -0.05) is 0 Å². The molecule has 1 rings (SSSR count). The van der Waals surface area contributed by atoms with E-state index in [0.29, 0.717) is 5.69 Å². The molecule has 0 bridgehead atoms. The molecule has 0 atom stereocenters. The first kappa shape index (κ1) is 15.0. The minimum atomic E-state index is -4.58. The summed E-state index contributed by atoms with van der Waals surface area (Å²) in [6.07, 6.45) is -3.34. The average molecular weight is 285 g/mol. The average Bonchev–Trinajstić information content (AvgIpc) is 2.57. The summed E-state index contributed by atoms with van der Waals surface area (Å²) in [6, 6.07) is 1.27. The van der Waals surface area contributed by atoms with Crippen molar-refractivity contribution >= 4 is 10.0 Å². The third kappa shape index (κ3) is 3.24. The summed E-state index contributed by atoms with van der Waals surface area (Å²) in [6.45, 7) is -1.42. The SMILES string of the molecule is CN(CC(F)(F)F)S(=O)(=O)c1cc(CN)n(C)c1. The summed E-state index contributed by atoms with van der Waals surface area (Å²) in [5, 5.41) is 0. The molecule has 1 heterocycles. The number of aryl methyl sites for hydroxylation is 1. The highest BCUT2D eigenvalue weighted by atomic mass is 32.2. The summed E-state index contributed by atoms with van der Waals surface area (Å²) in [7, 11) is -1.69. The van der Waals surface area contributed by atoms with E-state index in [9.17, 15) is 21.6 Å². The zero-order valence-corrected chi connectivity index (χ0v) is 10.7. The van der Waals surface area contributed by atoms with Gasteiger partial charge < -0.3 is 10.3 Å². The van der Waals surface area contributed by atoms with Crippen LogP contribution in [0.1, 0.15) is 5.69 Å². The van der Waals surface area contributed by atoms with Gasteiger partial charge in [0.1, 0.15) is 11.4 Å². The van der Waals surface area contributed by atoms with E-state index in [1.165, 1.54) is 16.8 Å². The molecule has 9 heteroatoms. The Morgan fingerprint density at radius 2 is 2.00 bits per heavy atom. The van der Waals surface area contributed by atoms with Crippen LogP contribution >= 0.6 is 0 Å². The van der Waals surface area contributed by atoms with Crippen molar-refractivity contribution in [3.63, 3.8) is 0 Å². The molecule has 104 valence electrons. The van der Waals surface area contributed by atoms with Gasteiger partial charge in [0.2, 0.25) is 10.0 Å². The van der Waals surface area contributed by atoms with Gasteiger partial charge in [-0.05, 0) is 6.07 Å². The minimum absolute atomic E-state index is 0.106. The molecule has 0 spiro atoms. The quantitative estimate of drug-likeness (QED) is 0.884. The van der Waals surface area contributed by atoms with Gasteiger partial charge in [0.25, 0.3) is 0 Å². The smallest absolute Gasteiger partial charge is 0.352 e. The fraction of sp³-hybridized carbons (Fsp3) is 0.556. The molecule has 0 fully saturated rings. The van der Waals surface area contributed by atoms with E-state index in [2.05, 4.69) is 0 Å². The number of rotatable bonds is 4. The van der Waals surface area contributed by atoms with Crippen LogP contribution in [0.2, 0.25) is 0 Å². The van der Waals surface area contributed by atoms with Crippen LogP contribution in [0.3, 0.4) is 0 Å². The van der Waals surface area contributed by atoms with Crippen molar-refractivity contribution in [2.24, 2.45) is 12.8 Å². The molecule has 0 radical (unpaired) electrons. The van der Waals surface area contributed by atoms with Gasteiger partial charge >= 0.3 is 6.18 Å². The Bertz CT molecular complexity index is 522. The highest BCUT2D eigenvalue weighted by Crippen LogP contribution is 2.22. The first-order chi connectivity index (χ1) is 8.08. The number of nitrogens with zero attached hydrogens (tertiary/aromatic N) is 2. The second-order valence-corrected chi connectivity index (χ2v) is 5.90. The molecule has 5 nitrogen and oxygen atoms in total. The number of nitrogens with two attached hydrogens (primary N) is 1. The highest BCUT2D eigenvalue weighted by molar-refractivity contribution is 7.89. The third-order valence-electron chi connectivity index (χ3n) is 2.40. The number of hydrogen-bond donors (Lipinski definition) is 1. The number of sulfonamides is 1. The molecule has 18 heavy (non-hydrogen) atoms. The zero-order chi connectivity index (χ0) is 14.1. The van der Waals surface area contributed by atoms with Gasteiger partial charge in [-0.3, -0.25) is 0 Å². The maximum Gasteiger partial charge on any atom is 0.402 e. The van der Waals surface area contributed by atoms with Gasteiger partial charge in [0, 0.05) is 32.5 Å². The lowest BCUT2D eigenvalue weighted by molar-refractivity contribution is -0.134. The van der Waals surface area contributed by atoms with Crippen LogP contribution in [-0.4, -0.2) is 37.1 Å². The molecule has 0 unspecified atom stereocenters. The highest BCUT2D eigenvalue weighted by Gasteiger charge is 2.35. The van der Waals surface area contributed by atoms with Crippen LogP contribution in [0, 0.1) is 0 Å². The Morgan fingerprint density at radius 3 is 2.39 bits per heavy atom. The molecule has 2 N–H and O–H groups in total. The van der Waals surface area contributed by atoms with Crippen LogP contribution in [0.5, 0.6) is 0 Å². The summed E-state index contributed by atoms with van der Waals surface area (Å²) in [4.78, 5) is -0.197. The van der Waals surface area contributed by atoms with Crippen molar-refractivity contribution in [3.8, 4) is 0 Å². The van der Waals surface area contributed by atoms with E-state index in [-0.39, 0.29) is 15.7 Å². The van der Waals surface area contributed by atoms with Crippen LogP contribution in [0.15, 0.2) is 17.2 Å². The lowest BCUT2D eigenvalue weighted by Gasteiger charge is -2.17. The maximum atomic E-state index is 12.2. The predicted molar refractivity (Wildman–Crippen MR) is 59.2 cm³/mol. The Kier molecular flexibility index (Phi) is 4.08. The molecule has 0 saturated carbocycles. The van der Waals surface area contributed by atoms with Crippen LogP contribution < -0.4 is 5.73 Å². The lowest BCUT2D eigenvalue weighted by atomic mass is 10.4. The molecule has 0 saturated heterocycles. The summed E-state index contributed by atoms with van der Waals surface area (Å²) >= 11 is 0. The molecular weight excluding hydrogens is 271 g/mol. The molecule has 1 aromatic heterocycles. The first-order valence-corrected chi connectivity index (χ1v) is 6.40. The van der Waals surface area contributed by atoms with Crippen molar-refractivity contribution in [3.05, 3.63) is 18.0 Å². The van der Waals surface area contributed by atoms with E-state index in [1.54, 1.807) is 7.05 Å². The number of aromatic nitrogens is 1. The summed E-state index contributed by atoms with van der Waals surface area (Å²) in [5.74, 6) is 0. The largest absolute Gasteiger partial charge is 0.402 e. The minimum Gasteiger partial charge on any atom is -0.352 e. The molecule has 1 aromatic rings. The Morgan fingerprint density at radius 1 is 1.44 bits per heavy atom. The number of alkyl halides is 3. The van der Waals surface area contributed by atoms with E-state index in [4.69, 9.17) is 5.73 Å². The first-order valence-electron chi connectivity index (χ1n) is 4.96. The maximum absolute atomic E-state index is 12.2. The lowest BCUT2D eigenvalue weighted by Crippen LogP contribution is -2.35. The second kappa shape index (κ2) is 4.90. The second-order valence-electron chi connectivity index (χ2n) is 3.86. The summed E-state index contributed by atoms with van der Waals surface area (Å²) < 4.78 is 62.0. The van der Waals surface area contributed by atoms with E-state index in [0.717, 1.165) is 7.05 Å². The van der Waals surface area contributed by atoms with Gasteiger partial charge in [-0.25, -0.2) is 8.42 Å². The van der Waals surface area contributed by atoms with Gasteiger partial charge in [-0.15, -0.1) is 0 Å². The zero-order valence-electron chi connectivity index (χ0n) is 9.90. The molecule has 0 aliphatic carbocycles. The van der Waals surface area contributed by atoms with E-state index in [1.807, 2.05) is 0 Å². The van der Waals surface area contributed by atoms with E-state index >= 15 is 0 Å². The normalized spacial score (nSPS) is 13.3. The van der Waals surface area contributed by atoms with Gasteiger partial charge in [0.15, 0.2) is 0 Å². The standard InChI is InChI=1S/C9H14F3N3O2S/c1-14-5-8(3-7(14)4-13)18(16,17)15(2)6-9(10,11)12/h3,5H,4,6,13H2,1-2H3. The fourth-order valence-corrected chi connectivity index (χ4v) is 2.69. The van der Waals surface area contributed by atoms with Crippen LogP contribution in [-0.2, 0) is 23.6 Å². The monoisotopic (exact) mass is 285 g/mol. The van der Waals surface area contributed by atoms with Crippen molar-refractivity contribution < 1.29 is 21.6 Å². The third-order valence-corrected chi connectivity index (χ3v) is 4.17. The Hall–Kier alpha value is -1.06. The van der Waals surface area contributed by atoms with Crippen molar-refractivity contribution in [1.82, 2.24) is 8.87 Å².